The first-order chi connectivity index (χ1) is 7.27. The maximum Gasteiger partial charge on any atom is 0.0936 e. The SMILES string of the molecule is Cc1ccsc1N(C)CC1CCCCN1. The molecule has 0 aliphatic carbocycles. The van der Waals surface area contributed by atoms with Crippen molar-refractivity contribution < 1.29 is 0 Å². The Balaban J connectivity index is 1.91. The molecule has 1 aromatic rings. The van der Waals surface area contributed by atoms with Crippen molar-refractivity contribution in [3.63, 3.8) is 0 Å². The van der Waals surface area contributed by atoms with Gasteiger partial charge in [0.15, 0.2) is 0 Å². The van der Waals surface area contributed by atoms with Gasteiger partial charge in [0.1, 0.15) is 0 Å². The van der Waals surface area contributed by atoms with Crippen LogP contribution in [0, 0.1) is 6.92 Å². The van der Waals surface area contributed by atoms with Gasteiger partial charge in [-0.25, -0.2) is 0 Å². The number of hydrogen-bond acceptors (Lipinski definition) is 3. The van der Waals surface area contributed by atoms with Crippen LogP contribution in [0.1, 0.15) is 24.8 Å². The number of nitrogens with one attached hydrogen (secondary N) is 1. The van der Waals surface area contributed by atoms with Crippen molar-refractivity contribution in [2.45, 2.75) is 32.2 Å². The molecule has 1 N–H and O–H groups in total. The molecule has 0 bridgehead atoms. The topological polar surface area (TPSA) is 15.3 Å². The average Bonchev–Trinajstić information content (AvgIpc) is 2.66. The van der Waals surface area contributed by atoms with Crippen LogP contribution in [0.5, 0.6) is 0 Å². The normalized spacial score (nSPS) is 21.6. The van der Waals surface area contributed by atoms with E-state index in [9.17, 15) is 0 Å². The fraction of sp³-hybridized carbons (Fsp3) is 0.667. The minimum Gasteiger partial charge on any atom is -0.365 e. The molecule has 1 aliphatic rings. The highest BCUT2D eigenvalue weighted by Crippen LogP contribution is 2.26. The van der Waals surface area contributed by atoms with Crippen LogP contribution in [0.15, 0.2) is 11.4 Å². The molecule has 1 unspecified atom stereocenters. The number of hydrogen-bond donors (Lipinski definition) is 1. The van der Waals surface area contributed by atoms with E-state index in [-0.39, 0.29) is 0 Å². The molecule has 2 nitrogen and oxygen atoms in total. The Morgan fingerprint density at radius 3 is 3.00 bits per heavy atom. The zero-order valence-electron chi connectivity index (χ0n) is 9.62. The molecule has 1 fully saturated rings. The second-order valence-corrected chi connectivity index (χ2v) is 5.33. The van der Waals surface area contributed by atoms with E-state index in [0.717, 1.165) is 6.54 Å². The molecule has 1 saturated heterocycles. The fourth-order valence-electron chi connectivity index (χ4n) is 2.25. The van der Waals surface area contributed by atoms with Gasteiger partial charge in [-0.1, -0.05) is 6.42 Å². The molecule has 1 aromatic heterocycles. The molecule has 0 amide bonds. The van der Waals surface area contributed by atoms with Crippen molar-refractivity contribution in [1.82, 2.24) is 5.32 Å². The van der Waals surface area contributed by atoms with Crippen LogP contribution in [0.3, 0.4) is 0 Å². The molecule has 0 saturated carbocycles. The summed E-state index contributed by atoms with van der Waals surface area (Å²) in [5.74, 6) is 0. The summed E-state index contributed by atoms with van der Waals surface area (Å²) in [5, 5.41) is 7.19. The molecule has 0 radical (unpaired) electrons. The predicted octanol–water partition coefficient (Wildman–Crippen LogP) is 2.63. The summed E-state index contributed by atoms with van der Waals surface area (Å²) in [5.41, 5.74) is 1.40. The standard InChI is InChI=1S/C12H20N2S/c1-10-6-8-15-12(10)14(2)9-11-5-3-4-7-13-11/h6,8,11,13H,3-5,7,9H2,1-2H3. The number of nitrogens with zero attached hydrogens (tertiary/aromatic N) is 1. The monoisotopic (exact) mass is 224 g/mol. The Morgan fingerprint density at radius 2 is 2.40 bits per heavy atom. The maximum absolute atomic E-state index is 3.59. The summed E-state index contributed by atoms with van der Waals surface area (Å²) in [6.45, 7) is 4.53. The van der Waals surface area contributed by atoms with E-state index in [2.05, 4.69) is 35.6 Å². The molecule has 2 heterocycles. The lowest BCUT2D eigenvalue weighted by atomic mass is 10.0. The smallest absolute Gasteiger partial charge is 0.0936 e. The molecule has 1 aliphatic heterocycles. The van der Waals surface area contributed by atoms with Gasteiger partial charge in [0.05, 0.1) is 5.00 Å². The average molecular weight is 224 g/mol. The highest BCUT2D eigenvalue weighted by molar-refractivity contribution is 7.14. The lowest BCUT2D eigenvalue weighted by Crippen LogP contribution is -2.42. The van der Waals surface area contributed by atoms with Crippen LogP contribution in [0.2, 0.25) is 0 Å². The predicted molar refractivity (Wildman–Crippen MR) is 68.0 cm³/mol. The number of rotatable bonds is 3. The zero-order valence-corrected chi connectivity index (χ0v) is 10.4. The first kappa shape index (κ1) is 11.0. The van der Waals surface area contributed by atoms with Crippen molar-refractivity contribution in [3.8, 4) is 0 Å². The molecule has 0 aromatic carbocycles. The Hall–Kier alpha value is -0.540. The number of likely N-dealkylation sites (N-methyl/N-ethyl adjacent to an activating group) is 1. The summed E-state index contributed by atoms with van der Waals surface area (Å²) in [4.78, 5) is 2.39. The van der Waals surface area contributed by atoms with Crippen LogP contribution in [0.4, 0.5) is 5.00 Å². The first-order valence-corrected chi connectivity index (χ1v) is 6.64. The maximum atomic E-state index is 3.59. The van der Waals surface area contributed by atoms with E-state index >= 15 is 0 Å². The second kappa shape index (κ2) is 4.99. The van der Waals surface area contributed by atoms with Crippen molar-refractivity contribution in [2.24, 2.45) is 0 Å². The van der Waals surface area contributed by atoms with Crippen LogP contribution >= 0.6 is 11.3 Å². The summed E-state index contributed by atoms with van der Waals surface area (Å²) < 4.78 is 0. The third-order valence-electron chi connectivity index (χ3n) is 3.09. The molecule has 1 atom stereocenters. The number of piperidine rings is 1. The van der Waals surface area contributed by atoms with Crippen molar-refractivity contribution in [3.05, 3.63) is 17.0 Å². The third kappa shape index (κ3) is 2.73. The minimum atomic E-state index is 0.685. The first-order valence-electron chi connectivity index (χ1n) is 5.76. The molecular formula is C12H20N2S. The Bertz CT molecular complexity index is 302. The molecule has 84 valence electrons. The van der Waals surface area contributed by atoms with Crippen molar-refractivity contribution in [1.29, 1.82) is 0 Å². The van der Waals surface area contributed by atoms with Gasteiger partial charge in [0.2, 0.25) is 0 Å². The summed E-state index contributed by atoms with van der Waals surface area (Å²) in [6, 6.07) is 2.88. The number of thiophene rings is 1. The summed E-state index contributed by atoms with van der Waals surface area (Å²) >= 11 is 1.84. The highest BCUT2D eigenvalue weighted by atomic mass is 32.1. The van der Waals surface area contributed by atoms with E-state index in [1.54, 1.807) is 0 Å². The van der Waals surface area contributed by atoms with Gasteiger partial charge in [-0.05, 0) is 43.3 Å². The van der Waals surface area contributed by atoms with Gasteiger partial charge in [-0.15, -0.1) is 11.3 Å². The zero-order chi connectivity index (χ0) is 10.7. The van der Waals surface area contributed by atoms with Gasteiger partial charge >= 0.3 is 0 Å². The second-order valence-electron chi connectivity index (χ2n) is 4.44. The fourth-order valence-corrected chi connectivity index (χ4v) is 3.16. The van der Waals surface area contributed by atoms with Gasteiger partial charge in [-0.3, -0.25) is 0 Å². The number of anilines is 1. The van der Waals surface area contributed by atoms with Crippen LogP contribution < -0.4 is 10.2 Å². The Kier molecular flexibility index (Phi) is 3.65. The third-order valence-corrected chi connectivity index (χ3v) is 4.22. The van der Waals surface area contributed by atoms with Crippen molar-refractivity contribution in [2.75, 3.05) is 25.0 Å². The quantitative estimate of drug-likeness (QED) is 0.849. The van der Waals surface area contributed by atoms with Gasteiger partial charge < -0.3 is 10.2 Å². The lowest BCUT2D eigenvalue weighted by molar-refractivity contribution is 0.403. The minimum absolute atomic E-state index is 0.685. The van der Waals surface area contributed by atoms with Gasteiger partial charge in [-0.2, -0.15) is 0 Å². The van der Waals surface area contributed by atoms with Crippen LogP contribution in [0.25, 0.3) is 0 Å². The van der Waals surface area contributed by atoms with Crippen LogP contribution in [-0.4, -0.2) is 26.2 Å². The molecule has 2 rings (SSSR count). The highest BCUT2D eigenvalue weighted by Gasteiger charge is 2.15. The number of aryl methyl sites for hydroxylation is 1. The van der Waals surface area contributed by atoms with Gasteiger partial charge in [0.25, 0.3) is 0 Å². The van der Waals surface area contributed by atoms with E-state index in [0.29, 0.717) is 6.04 Å². The van der Waals surface area contributed by atoms with Gasteiger partial charge in [0, 0.05) is 19.6 Å². The Morgan fingerprint density at radius 1 is 1.53 bits per heavy atom. The molecule has 0 spiro atoms. The largest absolute Gasteiger partial charge is 0.365 e. The molecule has 3 heteroatoms. The molecule has 15 heavy (non-hydrogen) atoms. The van der Waals surface area contributed by atoms with Crippen LogP contribution in [-0.2, 0) is 0 Å². The van der Waals surface area contributed by atoms with E-state index in [4.69, 9.17) is 0 Å². The summed E-state index contributed by atoms with van der Waals surface area (Å²) in [7, 11) is 2.20. The summed E-state index contributed by atoms with van der Waals surface area (Å²) in [6.07, 6.45) is 4.06. The van der Waals surface area contributed by atoms with E-state index in [1.165, 1.54) is 36.4 Å². The lowest BCUT2D eigenvalue weighted by Gasteiger charge is -2.29. The van der Waals surface area contributed by atoms with Crippen molar-refractivity contribution >= 4 is 16.3 Å². The molecular weight excluding hydrogens is 204 g/mol. The van der Waals surface area contributed by atoms with E-state index < -0.39 is 0 Å². The Labute approximate surface area is 96.3 Å². The van der Waals surface area contributed by atoms with E-state index in [1.807, 2.05) is 11.3 Å².